The standard InChI is InChI=1S/C17H29NO.C6H8N2O2S.C6H6/c1-11(2)7-13-8-14(9-15(18)16(13)19)17(5,6)10-12(3)4;7-5-2-1-4(11)3-6(5)8(9)10;1-2-4-6-5-3-1/h8-9,11-12,19H,7,10,18H2,1-6H3;1-3,5-6,11H,7H2;1-6H. The Bertz CT molecular complexity index is 991. The summed E-state index contributed by atoms with van der Waals surface area (Å²) >= 11 is 3.97. The molecule has 0 spiro atoms. The van der Waals surface area contributed by atoms with Gasteiger partial charge in [0.1, 0.15) is 5.75 Å². The molecule has 2 aromatic carbocycles. The summed E-state index contributed by atoms with van der Waals surface area (Å²) in [5.41, 5.74) is 14.2. The van der Waals surface area contributed by atoms with Gasteiger partial charge in [-0.2, -0.15) is 0 Å². The number of hydrogen-bond acceptors (Lipinski definition) is 6. The van der Waals surface area contributed by atoms with Crippen molar-refractivity contribution in [2.75, 3.05) is 5.73 Å². The quantitative estimate of drug-likeness (QED) is 0.115. The van der Waals surface area contributed by atoms with Gasteiger partial charge in [-0.3, -0.25) is 10.1 Å². The third kappa shape index (κ3) is 10.9. The van der Waals surface area contributed by atoms with Crippen LogP contribution in [0.5, 0.6) is 5.75 Å². The maximum Gasteiger partial charge on any atom is 0.251 e. The third-order valence-electron chi connectivity index (χ3n) is 5.68. The van der Waals surface area contributed by atoms with Crippen molar-refractivity contribution in [1.29, 1.82) is 0 Å². The lowest BCUT2D eigenvalue weighted by Crippen LogP contribution is -2.38. The Kier molecular flexibility index (Phi) is 12.8. The van der Waals surface area contributed by atoms with Crippen LogP contribution < -0.4 is 11.5 Å². The average Bonchev–Trinajstić information content (AvgIpc) is 2.79. The molecule has 2 aromatic rings. The van der Waals surface area contributed by atoms with E-state index in [2.05, 4.69) is 60.2 Å². The fourth-order valence-electron chi connectivity index (χ4n) is 4.10. The van der Waals surface area contributed by atoms with E-state index in [0.29, 0.717) is 22.4 Å². The molecule has 1 aliphatic rings. The summed E-state index contributed by atoms with van der Waals surface area (Å²) in [6, 6.07) is 14.7. The Morgan fingerprint density at radius 3 is 2.00 bits per heavy atom. The molecular formula is C29H43N3O3S. The fraction of sp³-hybridized carbons (Fsp3) is 0.448. The van der Waals surface area contributed by atoms with Crippen LogP contribution >= 0.6 is 12.6 Å². The molecule has 0 bridgehead atoms. The molecule has 2 atom stereocenters. The van der Waals surface area contributed by atoms with Crippen LogP contribution in [0.1, 0.15) is 59.1 Å². The average molecular weight is 514 g/mol. The van der Waals surface area contributed by atoms with Crippen molar-refractivity contribution in [3.63, 3.8) is 0 Å². The number of nitrogens with zero attached hydrogens (tertiary/aromatic N) is 1. The molecule has 5 N–H and O–H groups in total. The van der Waals surface area contributed by atoms with Crippen molar-refractivity contribution in [3.8, 4) is 5.75 Å². The van der Waals surface area contributed by atoms with Gasteiger partial charge in [-0.05, 0) is 47.3 Å². The first kappa shape index (κ1) is 31.3. The van der Waals surface area contributed by atoms with E-state index in [1.807, 2.05) is 42.5 Å². The maximum atomic E-state index is 10.3. The van der Waals surface area contributed by atoms with Crippen molar-refractivity contribution in [2.45, 2.75) is 71.9 Å². The number of phenolic OH excluding ortho intramolecular Hbond substituents is 1. The second-order valence-corrected chi connectivity index (χ2v) is 11.1. The smallest absolute Gasteiger partial charge is 0.251 e. The first-order chi connectivity index (χ1) is 16.7. The molecule has 0 heterocycles. The normalized spacial score (nSPS) is 17.0. The first-order valence-electron chi connectivity index (χ1n) is 12.3. The van der Waals surface area contributed by atoms with Crippen LogP contribution in [0, 0.1) is 22.0 Å². The predicted octanol–water partition coefficient (Wildman–Crippen LogP) is 6.53. The largest absolute Gasteiger partial charge is 0.506 e. The number of nitrogen functional groups attached to an aromatic ring is 1. The maximum absolute atomic E-state index is 10.3. The second kappa shape index (κ2) is 14.7. The highest BCUT2D eigenvalue weighted by Gasteiger charge is 2.26. The van der Waals surface area contributed by atoms with Crippen LogP contribution in [0.3, 0.4) is 0 Å². The van der Waals surface area contributed by atoms with Crippen molar-refractivity contribution in [3.05, 3.63) is 92.9 Å². The second-order valence-electron chi connectivity index (χ2n) is 10.6. The third-order valence-corrected chi connectivity index (χ3v) is 5.98. The highest BCUT2D eigenvalue weighted by molar-refractivity contribution is 7.84. The van der Waals surface area contributed by atoms with Gasteiger partial charge in [-0.1, -0.05) is 96.2 Å². The van der Waals surface area contributed by atoms with E-state index in [-0.39, 0.29) is 11.2 Å². The molecule has 0 aromatic heterocycles. The van der Waals surface area contributed by atoms with Crippen LogP contribution in [-0.2, 0) is 11.8 Å². The number of hydrogen-bond donors (Lipinski definition) is 4. The summed E-state index contributed by atoms with van der Waals surface area (Å²) in [7, 11) is 0. The molecule has 0 aliphatic heterocycles. The number of benzene rings is 2. The molecule has 198 valence electrons. The van der Waals surface area contributed by atoms with Crippen molar-refractivity contribution in [1.82, 2.24) is 0 Å². The number of anilines is 1. The van der Waals surface area contributed by atoms with E-state index in [4.69, 9.17) is 11.5 Å². The fourth-order valence-corrected chi connectivity index (χ4v) is 4.33. The molecule has 0 fully saturated rings. The number of allylic oxidation sites excluding steroid dienone is 1. The molecule has 0 amide bonds. The molecule has 0 saturated carbocycles. The van der Waals surface area contributed by atoms with Crippen LogP contribution in [0.25, 0.3) is 0 Å². The lowest BCUT2D eigenvalue weighted by atomic mass is 9.77. The van der Waals surface area contributed by atoms with Gasteiger partial charge in [0, 0.05) is 15.9 Å². The minimum absolute atomic E-state index is 0.0850. The highest BCUT2D eigenvalue weighted by atomic mass is 32.1. The van der Waals surface area contributed by atoms with E-state index in [9.17, 15) is 15.2 Å². The van der Waals surface area contributed by atoms with E-state index < -0.39 is 17.0 Å². The predicted molar refractivity (Wildman–Crippen MR) is 155 cm³/mol. The zero-order chi connectivity index (χ0) is 27.5. The minimum Gasteiger partial charge on any atom is -0.506 e. The lowest BCUT2D eigenvalue weighted by Gasteiger charge is -2.28. The molecule has 0 radical (unpaired) electrons. The van der Waals surface area contributed by atoms with Crippen molar-refractivity contribution in [2.24, 2.45) is 17.6 Å². The summed E-state index contributed by atoms with van der Waals surface area (Å²) in [5.74, 6) is 1.41. The Hall–Kier alpha value is -2.77. The Labute approximate surface area is 222 Å². The van der Waals surface area contributed by atoms with E-state index >= 15 is 0 Å². The van der Waals surface area contributed by atoms with Crippen LogP contribution in [-0.4, -0.2) is 22.1 Å². The van der Waals surface area contributed by atoms with Gasteiger partial charge < -0.3 is 16.6 Å². The molecular weight excluding hydrogens is 470 g/mol. The highest BCUT2D eigenvalue weighted by Crippen LogP contribution is 2.37. The minimum atomic E-state index is -0.826. The summed E-state index contributed by atoms with van der Waals surface area (Å²) < 4.78 is 0. The van der Waals surface area contributed by atoms with E-state index in [1.165, 1.54) is 11.6 Å². The van der Waals surface area contributed by atoms with Gasteiger partial charge in [0.05, 0.1) is 11.7 Å². The van der Waals surface area contributed by atoms with E-state index in [0.717, 1.165) is 18.4 Å². The Morgan fingerprint density at radius 1 is 1.06 bits per heavy atom. The van der Waals surface area contributed by atoms with Gasteiger partial charge in [0.25, 0.3) is 6.04 Å². The summed E-state index contributed by atoms with van der Waals surface area (Å²) in [4.78, 5) is 10.5. The van der Waals surface area contributed by atoms with Crippen molar-refractivity contribution < 1.29 is 10.0 Å². The summed E-state index contributed by atoms with van der Waals surface area (Å²) in [6.45, 7) is 13.3. The van der Waals surface area contributed by atoms with Crippen LogP contribution in [0.15, 0.2) is 71.7 Å². The van der Waals surface area contributed by atoms with Gasteiger partial charge >= 0.3 is 0 Å². The molecule has 7 heteroatoms. The molecule has 0 saturated heterocycles. The topological polar surface area (TPSA) is 115 Å². The summed E-state index contributed by atoms with van der Waals surface area (Å²) in [5, 5.41) is 20.4. The van der Waals surface area contributed by atoms with E-state index in [1.54, 1.807) is 12.2 Å². The van der Waals surface area contributed by atoms with Crippen molar-refractivity contribution >= 4 is 18.3 Å². The number of nitrogens with two attached hydrogens (primary N) is 2. The monoisotopic (exact) mass is 513 g/mol. The number of aromatic hydroxyl groups is 1. The first-order valence-corrected chi connectivity index (χ1v) is 12.8. The Morgan fingerprint density at radius 2 is 1.58 bits per heavy atom. The molecule has 36 heavy (non-hydrogen) atoms. The number of nitro groups is 1. The molecule has 6 nitrogen and oxygen atoms in total. The van der Waals surface area contributed by atoms with Crippen LogP contribution in [0.2, 0.25) is 0 Å². The SMILES string of the molecule is CC(C)Cc1cc(C(C)(C)CC(C)C)cc(N)c1O.NC1C=CC(S)=CC1[N+](=O)[O-].c1ccccc1. The van der Waals surface area contributed by atoms with Gasteiger partial charge in [0.15, 0.2) is 0 Å². The Balaban J connectivity index is 0.000000316. The number of thiol groups is 1. The lowest BCUT2D eigenvalue weighted by molar-refractivity contribution is -0.510. The summed E-state index contributed by atoms with van der Waals surface area (Å²) in [6.07, 6.45) is 6.65. The molecule has 1 aliphatic carbocycles. The number of phenols is 1. The van der Waals surface area contributed by atoms with Gasteiger partial charge in [0.2, 0.25) is 0 Å². The zero-order valence-electron chi connectivity index (χ0n) is 22.4. The van der Waals surface area contributed by atoms with Crippen LogP contribution in [0.4, 0.5) is 5.69 Å². The van der Waals surface area contributed by atoms with Gasteiger partial charge in [-0.15, -0.1) is 12.6 Å². The molecule has 3 rings (SSSR count). The number of rotatable bonds is 6. The van der Waals surface area contributed by atoms with Gasteiger partial charge in [-0.25, -0.2) is 0 Å². The molecule has 2 unspecified atom stereocenters. The zero-order valence-corrected chi connectivity index (χ0v) is 23.3.